The van der Waals surface area contributed by atoms with Gasteiger partial charge < -0.3 is 11.1 Å². The van der Waals surface area contributed by atoms with Crippen LogP contribution in [-0.2, 0) is 0 Å². The number of nitrogens with zero attached hydrogens (tertiary/aromatic N) is 2. The Bertz CT molecular complexity index is 829. The molecule has 0 spiro atoms. The van der Waals surface area contributed by atoms with Gasteiger partial charge >= 0.3 is 0 Å². The number of fused-ring (bicyclic) bond motifs is 1. The van der Waals surface area contributed by atoms with E-state index in [0.717, 1.165) is 16.5 Å². The Labute approximate surface area is 121 Å². The number of pyridine rings is 2. The molecule has 0 unspecified atom stereocenters. The lowest BCUT2D eigenvalue weighted by molar-refractivity contribution is 0.102. The topological polar surface area (TPSA) is 80.9 Å². The Morgan fingerprint density at radius 2 is 1.90 bits per heavy atom. The second-order valence-electron chi connectivity index (χ2n) is 4.74. The molecule has 0 atom stereocenters. The van der Waals surface area contributed by atoms with Gasteiger partial charge in [0.15, 0.2) is 0 Å². The summed E-state index contributed by atoms with van der Waals surface area (Å²) in [6, 6.07) is 11.0. The van der Waals surface area contributed by atoms with Crippen molar-refractivity contribution >= 4 is 28.2 Å². The second-order valence-corrected chi connectivity index (χ2v) is 4.74. The lowest BCUT2D eigenvalue weighted by Gasteiger charge is -2.09. The maximum Gasteiger partial charge on any atom is 0.257 e. The van der Waals surface area contributed by atoms with Gasteiger partial charge in [0.1, 0.15) is 5.82 Å². The average molecular weight is 278 g/mol. The number of aryl methyl sites for hydroxylation is 1. The van der Waals surface area contributed by atoms with Gasteiger partial charge in [0.2, 0.25) is 0 Å². The first-order valence-electron chi connectivity index (χ1n) is 6.52. The highest BCUT2D eigenvalue weighted by molar-refractivity contribution is 6.14. The summed E-state index contributed by atoms with van der Waals surface area (Å²) in [5.41, 5.74) is 7.88. The van der Waals surface area contributed by atoms with Crippen molar-refractivity contribution in [2.24, 2.45) is 0 Å². The molecule has 2 aromatic heterocycles. The minimum Gasteiger partial charge on any atom is -0.383 e. The van der Waals surface area contributed by atoms with Gasteiger partial charge in [-0.2, -0.15) is 0 Å². The zero-order valence-electron chi connectivity index (χ0n) is 11.5. The molecule has 21 heavy (non-hydrogen) atoms. The van der Waals surface area contributed by atoms with Crippen molar-refractivity contribution in [1.29, 1.82) is 0 Å². The fourth-order valence-corrected chi connectivity index (χ4v) is 2.22. The van der Waals surface area contributed by atoms with Crippen molar-refractivity contribution in [1.82, 2.24) is 9.97 Å². The number of nitrogen functional groups attached to an aromatic ring is 1. The SMILES string of the molecule is Cc1cc(NC(=O)c2cnc(N)c3ccccc23)ccn1. The summed E-state index contributed by atoms with van der Waals surface area (Å²) >= 11 is 0. The van der Waals surface area contributed by atoms with Gasteiger partial charge in [-0.05, 0) is 24.4 Å². The number of hydrogen-bond donors (Lipinski definition) is 2. The van der Waals surface area contributed by atoms with Crippen LogP contribution in [0.4, 0.5) is 11.5 Å². The van der Waals surface area contributed by atoms with Crippen LogP contribution in [-0.4, -0.2) is 15.9 Å². The zero-order chi connectivity index (χ0) is 14.8. The van der Waals surface area contributed by atoms with E-state index in [1.807, 2.05) is 37.3 Å². The highest BCUT2D eigenvalue weighted by atomic mass is 16.1. The Hall–Kier alpha value is -2.95. The average Bonchev–Trinajstić information content (AvgIpc) is 2.48. The third-order valence-corrected chi connectivity index (χ3v) is 3.23. The minimum absolute atomic E-state index is 0.218. The molecule has 5 heteroatoms. The van der Waals surface area contributed by atoms with Gasteiger partial charge in [-0.1, -0.05) is 24.3 Å². The van der Waals surface area contributed by atoms with E-state index in [-0.39, 0.29) is 5.91 Å². The fourth-order valence-electron chi connectivity index (χ4n) is 2.22. The van der Waals surface area contributed by atoms with Gasteiger partial charge in [-0.15, -0.1) is 0 Å². The molecule has 0 saturated carbocycles. The van der Waals surface area contributed by atoms with Crippen molar-refractivity contribution in [3.05, 3.63) is 60.0 Å². The summed E-state index contributed by atoms with van der Waals surface area (Å²) in [5.74, 6) is 0.200. The van der Waals surface area contributed by atoms with E-state index in [1.54, 1.807) is 12.3 Å². The summed E-state index contributed by atoms with van der Waals surface area (Å²) in [6.45, 7) is 1.87. The van der Waals surface area contributed by atoms with Crippen LogP contribution in [0.3, 0.4) is 0 Å². The van der Waals surface area contributed by atoms with E-state index in [1.165, 1.54) is 6.20 Å². The molecule has 0 aliphatic heterocycles. The number of rotatable bonds is 2. The van der Waals surface area contributed by atoms with Gasteiger partial charge in [-0.25, -0.2) is 4.98 Å². The summed E-state index contributed by atoms with van der Waals surface area (Å²) in [5, 5.41) is 4.41. The molecule has 3 aromatic rings. The van der Waals surface area contributed by atoms with Crippen LogP contribution >= 0.6 is 0 Å². The number of carbonyl (C=O) groups excluding carboxylic acids is 1. The number of nitrogens with one attached hydrogen (secondary N) is 1. The molecule has 0 aliphatic rings. The van der Waals surface area contributed by atoms with Crippen molar-refractivity contribution < 1.29 is 4.79 Å². The van der Waals surface area contributed by atoms with Crippen LogP contribution in [0.25, 0.3) is 10.8 Å². The summed E-state index contributed by atoms with van der Waals surface area (Å²) in [7, 11) is 0. The lowest BCUT2D eigenvalue weighted by atomic mass is 10.1. The van der Waals surface area contributed by atoms with Gasteiger partial charge in [0, 0.05) is 29.2 Å². The molecule has 0 bridgehead atoms. The van der Waals surface area contributed by atoms with E-state index in [9.17, 15) is 4.79 Å². The van der Waals surface area contributed by atoms with Crippen LogP contribution in [0.2, 0.25) is 0 Å². The van der Waals surface area contributed by atoms with Crippen LogP contribution in [0, 0.1) is 6.92 Å². The first-order chi connectivity index (χ1) is 10.1. The molecule has 0 radical (unpaired) electrons. The van der Waals surface area contributed by atoms with Crippen LogP contribution < -0.4 is 11.1 Å². The smallest absolute Gasteiger partial charge is 0.257 e. The number of hydrogen-bond acceptors (Lipinski definition) is 4. The summed E-state index contributed by atoms with van der Waals surface area (Å²) in [6.07, 6.45) is 3.16. The number of benzene rings is 1. The van der Waals surface area contributed by atoms with Crippen LogP contribution in [0.1, 0.15) is 16.1 Å². The maximum atomic E-state index is 12.4. The first-order valence-corrected chi connectivity index (χ1v) is 6.52. The maximum absolute atomic E-state index is 12.4. The van der Waals surface area contributed by atoms with Crippen molar-refractivity contribution in [3.8, 4) is 0 Å². The zero-order valence-corrected chi connectivity index (χ0v) is 11.5. The molecule has 2 heterocycles. The van der Waals surface area contributed by atoms with Crippen LogP contribution in [0.5, 0.6) is 0 Å². The molecule has 3 rings (SSSR count). The number of carbonyl (C=O) groups is 1. The van der Waals surface area contributed by atoms with E-state index in [0.29, 0.717) is 17.1 Å². The highest BCUT2D eigenvalue weighted by Crippen LogP contribution is 2.23. The first kappa shape index (κ1) is 13.1. The summed E-state index contributed by atoms with van der Waals surface area (Å²) < 4.78 is 0. The van der Waals surface area contributed by atoms with Gasteiger partial charge in [0.05, 0.1) is 5.56 Å². The van der Waals surface area contributed by atoms with Gasteiger partial charge in [0.25, 0.3) is 5.91 Å². The molecule has 5 nitrogen and oxygen atoms in total. The number of amides is 1. The molecule has 3 N–H and O–H groups in total. The standard InChI is InChI=1S/C16H14N4O/c1-10-8-11(6-7-18-10)20-16(21)14-9-19-15(17)13-5-3-2-4-12(13)14/h2-9H,1H3,(H2,17,19)(H,18,20,21). The Balaban J connectivity index is 2.01. The Kier molecular flexibility index (Phi) is 3.23. The van der Waals surface area contributed by atoms with Crippen LogP contribution in [0.15, 0.2) is 48.8 Å². The van der Waals surface area contributed by atoms with Crippen molar-refractivity contribution in [2.75, 3.05) is 11.1 Å². The molecule has 1 amide bonds. The molecular formula is C16H14N4O. The largest absolute Gasteiger partial charge is 0.383 e. The predicted molar refractivity (Wildman–Crippen MR) is 83.1 cm³/mol. The third kappa shape index (κ3) is 2.53. The molecule has 0 saturated heterocycles. The minimum atomic E-state index is -0.218. The Morgan fingerprint density at radius 1 is 1.14 bits per heavy atom. The molecule has 1 aromatic carbocycles. The monoisotopic (exact) mass is 278 g/mol. The van der Waals surface area contributed by atoms with E-state index in [2.05, 4.69) is 15.3 Å². The quantitative estimate of drug-likeness (QED) is 0.755. The molecular weight excluding hydrogens is 264 g/mol. The summed E-state index contributed by atoms with van der Waals surface area (Å²) in [4.78, 5) is 20.6. The Morgan fingerprint density at radius 3 is 2.67 bits per heavy atom. The molecule has 0 aliphatic carbocycles. The second kappa shape index (κ2) is 5.20. The number of nitrogens with two attached hydrogens (primary N) is 1. The van der Waals surface area contributed by atoms with E-state index in [4.69, 9.17) is 5.73 Å². The van der Waals surface area contributed by atoms with Crippen molar-refractivity contribution in [2.45, 2.75) is 6.92 Å². The van der Waals surface area contributed by atoms with Gasteiger partial charge in [-0.3, -0.25) is 9.78 Å². The molecule has 0 fully saturated rings. The fraction of sp³-hybridized carbons (Fsp3) is 0.0625. The molecule has 104 valence electrons. The number of aromatic nitrogens is 2. The number of anilines is 2. The van der Waals surface area contributed by atoms with E-state index >= 15 is 0 Å². The van der Waals surface area contributed by atoms with E-state index < -0.39 is 0 Å². The normalized spacial score (nSPS) is 10.5. The third-order valence-electron chi connectivity index (χ3n) is 3.23. The predicted octanol–water partition coefficient (Wildman–Crippen LogP) is 2.77. The highest BCUT2D eigenvalue weighted by Gasteiger charge is 2.12. The van der Waals surface area contributed by atoms with Crippen molar-refractivity contribution in [3.63, 3.8) is 0 Å². The lowest BCUT2D eigenvalue weighted by Crippen LogP contribution is -2.13.